The number of cyclic esters (lactones) is 1. The Labute approximate surface area is 146 Å². The van der Waals surface area contributed by atoms with Crippen molar-refractivity contribution in [3.05, 3.63) is 71.3 Å². The van der Waals surface area contributed by atoms with Crippen LogP contribution in [0, 0.1) is 12.8 Å². The second-order valence-corrected chi connectivity index (χ2v) is 6.35. The fraction of sp³-hybridized carbons (Fsp3) is 0.286. The number of ketones is 2. The van der Waals surface area contributed by atoms with E-state index < -0.39 is 23.8 Å². The van der Waals surface area contributed by atoms with Gasteiger partial charge in [-0.05, 0) is 36.5 Å². The van der Waals surface area contributed by atoms with Gasteiger partial charge in [0.25, 0.3) is 0 Å². The van der Waals surface area contributed by atoms with E-state index in [9.17, 15) is 14.4 Å². The topological polar surface area (TPSA) is 60.4 Å². The van der Waals surface area contributed by atoms with Crippen molar-refractivity contribution in [3.8, 4) is 0 Å². The number of esters is 1. The lowest BCUT2D eigenvalue weighted by atomic mass is 9.91. The molecule has 4 nitrogen and oxygen atoms in total. The third-order valence-electron chi connectivity index (χ3n) is 4.58. The van der Waals surface area contributed by atoms with Crippen LogP contribution in [0.5, 0.6) is 0 Å². The lowest BCUT2D eigenvalue weighted by Crippen LogP contribution is -2.29. The molecule has 3 rings (SSSR count). The van der Waals surface area contributed by atoms with Crippen LogP contribution in [0.4, 0.5) is 0 Å². The van der Waals surface area contributed by atoms with E-state index in [0.29, 0.717) is 12.8 Å². The molecule has 0 spiro atoms. The highest BCUT2D eigenvalue weighted by atomic mass is 16.6. The Morgan fingerprint density at radius 1 is 1.00 bits per heavy atom. The quantitative estimate of drug-likeness (QED) is 0.601. The molecule has 0 aromatic heterocycles. The first-order valence-corrected chi connectivity index (χ1v) is 8.41. The van der Waals surface area contributed by atoms with Crippen LogP contribution < -0.4 is 0 Å². The molecule has 4 heteroatoms. The molecule has 0 saturated carbocycles. The molecular weight excluding hydrogens is 316 g/mol. The first-order chi connectivity index (χ1) is 12.1. The SMILES string of the molecule is Cc1ccccc1CC(=O)C1C(=O)OC(CCc2ccccc2)C1=O. The predicted molar refractivity (Wildman–Crippen MR) is 93.0 cm³/mol. The van der Waals surface area contributed by atoms with Gasteiger partial charge < -0.3 is 4.74 Å². The summed E-state index contributed by atoms with van der Waals surface area (Å²) in [7, 11) is 0. The van der Waals surface area contributed by atoms with Gasteiger partial charge in [-0.15, -0.1) is 0 Å². The molecule has 0 bridgehead atoms. The number of carbonyl (C=O) groups is 3. The Balaban J connectivity index is 1.64. The van der Waals surface area contributed by atoms with Crippen LogP contribution in [0.3, 0.4) is 0 Å². The van der Waals surface area contributed by atoms with Crippen LogP contribution in [0.15, 0.2) is 54.6 Å². The molecule has 2 aromatic rings. The average molecular weight is 336 g/mol. The molecule has 0 amide bonds. The Bertz CT molecular complexity index is 795. The summed E-state index contributed by atoms with van der Waals surface area (Å²) in [5, 5.41) is 0. The van der Waals surface area contributed by atoms with E-state index in [2.05, 4.69) is 0 Å². The van der Waals surface area contributed by atoms with E-state index in [1.54, 1.807) is 0 Å². The third kappa shape index (κ3) is 3.85. The summed E-state index contributed by atoms with van der Waals surface area (Å²) in [5.41, 5.74) is 2.87. The molecule has 1 heterocycles. The smallest absolute Gasteiger partial charge is 0.325 e. The molecule has 25 heavy (non-hydrogen) atoms. The zero-order chi connectivity index (χ0) is 17.8. The van der Waals surface area contributed by atoms with E-state index in [4.69, 9.17) is 4.74 Å². The molecule has 1 fully saturated rings. The maximum atomic E-state index is 12.5. The number of hydrogen-bond donors (Lipinski definition) is 0. The molecule has 0 N–H and O–H groups in total. The largest absolute Gasteiger partial charge is 0.453 e. The number of Topliss-reactive ketones (excluding diaryl/α,β-unsaturated/α-hetero) is 2. The van der Waals surface area contributed by atoms with E-state index >= 15 is 0 Å². The van der Waals surface area contributed by atoms with Gasteiger partial charge in [-0.25, -0.2) is 0 Å². The zero-order valence-corrected chi connectivity index (χ0v) is 14.1. The molecule has 0 radical (unpaired) electrons. The first kappa shape index (κ1) is 17.1. The third-order valence-corrected chi connectivity index (χ3v) is 4.58. The van der Waals surface area contributed by atoms with Crippen LogP contribution in [-0.2, 0) is 32.0 Å². The summed E-state index contributed by atoms with van der Waals surface area (Å²) in [4.78, 5) is 37.0. The number of rotatable bonds is 6. The minimum absolute atomic E-state index is 0.0730. The van der Waals surface area contributed by atoms with Crippen molar-refractivity contribution >= 4 is 17.5 Å². The molecule has 2 unspecified atom stereocenters. The predicted octanol–water partition coefficient (Wildman–Crippen LogP) is 2.85. The second-order valence-electron chi connectivity index (χ2n) is 6.35. The Kier molecular flexibility index (Phi) is 5.08. The first-order valence-electron chi connectivity index (χ1n) is 8.41. The number of ether oxygens (including phenoxy) is 1. The van der Waals surface area contributed by atoms with Crippen LogP contribution in [0.1, 0.15) is 23.1 Å². The minimum atomic E-state index is -1.28. The van der Waals surface area contributed by atoms with Gasteiger partial charge in [0.15, 0.2) is 23.6 Å². The number of aryl methyl sites for hydroxylation is 2. The highest BCUT2D eigenvalue weighted by molar-refractivity contribution is 6.22. The summed E-state index contributed by atoms with van der Waals surface area (Å²) in [6.07, 6.45) is 0.286. The minimum Gasteiger partial charge on any atom is -0.453 e. The van der Waals surface area contributed by atoms with Gasteiger partial charge in [0.2, 0.25) is 0 Å². The maximum Gasteiger partial charge on any atom is 0.325 e. The molecule has 1 aliphatic rings. The number of carbonyl (C=O) groups excluding carboxylic acids is 3. The van der Waals surface area contributed by atoms with Crippen molar-refractivity contribution in [1.82, 2.24) is 0 Å². The van der Waals surface area contributed by atoms with Gasteiger partial charge in [-0.2, -0.15) is 0 Å². The monoisotopic (exact) mass is 336 g/mol. The van der Waals surface area contributed by atoms with Crippen molar-refractivity contribution in [2.75, 3.05) is 0 Å². The summed E-state index contributed by atoms with van der Waals surface area (Å²) in [5.74, 6) is -2.77. The van der Waals surface area contributed by atoms with E-state index in [0.717, 1.165) is 16.7 Å². The van der Waals surface area contributed by atoms with Gasteiger partial charge in [-0.1, -0.05) is 54.6 Å². The molecular formula is C21H20O4. The van der Waals surface area contributed by atoms with E-state index in [-0.39, 0.29) is 12.2 Å². The van der Waals surface area contributed by atoms with Gasteiger partial charge in [0, 0.05) is 6.42 Å². The maximum absolute atomic E-state index is 12.5. The van der Waals surface area contributed by atoms with E-state index in [1.807, 2.05) is 61.5 Å². The fourth-order valence-corrected chi connectivity index (χ4v) is 3.10. The lowest BCUT2D eigenvalue weighted by molar-refractivity contribution is -0.146. The van der Waals surface area contributed by atoms with Crippen molar-refractivity contribution in [3.63, 3.8) is 0 Å². The Morgan fingerprint density at radius 2 is 1.68 bits per heavy atom. The summed E-state index contributed by atoms with van der Waals surface area (Å²) < 4.78 is 5.19. The van der Waals surface area contributed by atoms with Crippen molar-refractivity contribution in [2.45, 2.75) is 32.3 Å². The molecule has 2 atom stereocenters. The molecule has 1 aliphatic heterocycles. The number of hydrogen-bond acceptors (Lipinski definition) is 4. The van der Waals surface area contributed by atoms with Crippen LogP contribution in [0.25, 0.3) is 0 Å². The highest BCUT2D eigenvalue weighted by Crippen LogP contribution is 2.24. The Morgan fingerprint density at radius 3 is 2.40 bits per heavy atom. The zero-order valence-electron chi connectivity index (χ0n) is 14.1. The summed E-state index contributed by atoms with van der Waals surface area (Å²) in [6.45, 7) is 1.90. The van der Waals surface area contributed by atoms with Gasteiger partial charge in [-0.3, -0.25) is 14.4 Å². The molecule has 0 aliphatic carbocycles. The summed E-state index contributed by atoms with van der Waals surface area (Å²) in [6, 6.07) is 17.2. The van der Waals surface area contributed by atoms with E-state index in [1.165, 1.54) is 0 Å². The highest BCUT2D eigenvalue weighted by Gasteiger charge is 2.47. The Hall–Kier alpha value is -2.75. The van der Waals surface area contributed by atoms with Crippen LogP contribution in [-0.4, -0.2) is 23.6 Å². The van der Waals surface area contributed by atoms with Crippen molar-refractivity contribution < 1.29 is 19.1 Å². The molecule has 2 aromatic carbocycles. The standard InChI is InChI=1S/C21H20O4/c1-14-7-5-6-10-16(14)13-17(22)19-20(23)18(25-21(19)24)12-11-15-8-3-2-4-9-15/h2-10,18-19H,11-13H2,1H3. The molecule has 128 valence electrons. The lowest BCUT2D eigenvalue weighted by Gasteiger charge is -2.08. The number of benzene rings is 2. The normalized spacial score (nSPS) is 19.7. The van der Waals surface area contributed by atoms with Crippen LogP contribution >= 0.6 is 0 Å². The van der Waals surface area contributed by atoms with Crippen molar-refractivity contribution in [1.29, 1.82) is 0 Å². The average Bonchev–Trinajstić information content (AvgIpc) is 2.90. The second kappa shape index (κ2) is 7.43. The van der Waals surface area contributed by atoms with Gasteiger partial charge >= 0.3 is 5.97 Å². The van der Waals surface area contributed by atoms with Gasteiger partial charge in [0.05, 0.1) is 0 Å². The van der Waals surface area contributed by atoms with Crippen LogP contribution in [0.2, 0.25) is 0 Å². The fourth-order valence-electron chi connectivity index (χ4n) is 3.10. The molecule has 1 saturated heterocycles. The van der Waals surface area contributed by atoms with Crippen molar-refractivity contribution in [2.24, 2.45) is 5.92 Å². The van der Waals surface area contributed by atoms with Gasteiger partial charge in [0.1, 0.15) is 0 Å². The summed E-state index contributed by atoms with van der Waals surface area (Å²) >= 11 is 0.